The highest BCUT2D eigenvalue weighted by Crippen LogP contribution is 2.28. The zero-order valence-corrected chi connectivity index (χ0v) is 13.5. The summed E-state index contributed by atoms with van der Waals surface area (Å²) in [6, 6.07) is 8.16. The molecule has 1 aromatic carbocycles. The summed E-state index contributed by atoms with van der Waals surface area (Å²) in [6.45, 7) is 6.97. The summed E-state index contributed by atoms with van der Waals surface area (Å²) >= 11 is 6.13. The van der Waals surface area contributed by atoms with Gasteiger partial charge in [0.15, 0.2) is 0 Å². The van der Waals surface area contributed by atoms with Gasteiger partial charge in [0.2, 0.25) is 5.91 Å². The molecule has 21 heavy (non-hydrogen) atoms. The van der Waals surface area contributed by atoms with Crippen LogP contribution in [-0.4, -0.2) is 47.9 Å². The first-order valence-corrected chi connectivity index (χ1v) is 7.91. The van der Waals surface area contributed by atoms with Crippen LogP contribution in [0.4, 0.5) is 0 Å². The Morgan fingerprint density at radius 1 is 1.33 bits per heavy atom. The maximum absolute atomic E-state index is 11.4. The standard InChI is InChI=1S/C16H24ClN3O/c1-3-15(18)16(13-5-4-6-14(17)11-13)20-9-7-19(8-10-20)12(2)21/h4-6,11,15-16H,3,7-10,18H2,1-2H3. The predicted octanol–water partition coefficient (Wildman–Crippen LogP) is 2.28. The van der Waals surface area contributed by atoms with Gasteiger partial charge in [0.25, 0.3) is 0 Å². The summed E-state index contributed by atoms with van der Waals surface area (Å²) in [4.78, 5) is 15.7. The number of halogens is 1. The summed E-state index contributed by atoms with van der Waals surface area (Å²) in [5.74, 6) is 0.147. The second kappa shape index (κ2) is 7.25. The average molecular weight is 310 g/mol. The van der Waals surface area contributed by atoms with E-state index in [1.165, 1.54) is 0 Å². The zero-order chi connectivity index (χ0) is 15.4. The molecule has 2 rings (SSSR count). The Morgan fingerprint density at radius 3 is 2.52 bits per heavy atom. The highest BCUT2D eigenvalue weighted by Gasteiger charge is 2.29. The quantitative estimate of drug-likeness (QED) is 0.928. The van der Waals surface area contributed by atoms with Gasteiger partial charge in [-0.2, -0.15) is 0 Å². The molecule has 0 aromatic heterocycles. The third-order valence-corrected chi connectivity index (χ3v) is 4.46. The van der Waals surface area contributed by atoms with Crippen LogP contribution in [0.25, 0.3) is 0 Å². The van der Waals surface area contributed by atoms with Crippen LogP contribution < -0.4 is 5.73 Å². The van der Waals surface area contributed by atoms with E-state index in [0.29, 0.717) is 0 Å². The molecule has 1 aromatic rings. The lowest BCUT2D eigenvalue weighted by atomic mass is 9.95. The summed E-state index contributed by atoms with van der Waals surface area (Å²) < 4.78 is 0. The maximum atomic E-state index is 11.4. The van der Waals surface area contributed by atoms with E-state index in [1.807, 2.05) is 23.1 Å². The molecule has 2 atom stereocenters. The minimum atomic E-state index is 0.0624. The van der Waals surface area contributed by atoms with Crippen molar-refractivity contribution in [2.24, 2.45) is 5.73 Å². The Bertz CT molecular complexity index is 486. The minimum absolute atomic E-state index is 0.0624. The number of nitrogens with zero attached hydrogens (tertiary/aromatic N) is 2. The number of piperazine rings is 1. The lowest BCUT2D eigenvalue weighted by Gasteiger charge is -2.41. The summed E-state index contributed by atoms with van der Waals surface area (Å²) in [5, 5.41) is 0.739. The van der Waals surface area contributed by atoms with Crippen molar-refractivity contribution in [3.63, 3.8) is 0 Å². The van der Waals surface area contributed by atoms with Crippen molar-refractivity contribution in [1.82, 2.24) is 9.80 Å². The van der Waals surface area contributed by atoms with Crippen LogP contribution in [0.3, 0.4) is 0 Å². The van der Waals surface area contributed by atoms with Crippen LogP contribution in [0.2, 0.25) is 5.02 Å². The normalized spacial score (nSPS) is 19.3. The lowest BCUT2D eigenvalue weighted by molar-refractivity contribution is -0.130. The molecule has 0 spiro atoms. The number of amides is 1. The third kappa shape index (κ3) is 3.96. The largest absolute Gasteiger partial charge is 0.340 e. The van der Waals surface area contributed by atoms with Crippen LogP contribution >= 0.6 is 11.6 Å². The van der Waals surface area contributed by atoms with Gasteiger partial charge in [-0.25, -0.2) is 0 Å². The second-order valence-electron chi connectivity index (χ2n) is 5.61. The van der Waals surface area contributed by atoms with E-state index < -0.39 is 0 Å². The molecule has 5 heteroatoms. The van der Waals surface area contributed by atoms with Gasteiger partial charge in [0, 0.05) is 44.2 Å². The number of hydrogen-bond acceptors (Lipinski definition) is 3. The molecule has 1 saturated heterocycles. The van der Waals surface area contributed by atoms with Crippen LogP contribution in [0.1, 0.15) is 31.9 Å². The molecule has 2 N–H and O–H groups in total. The van der Waals surface area contributed by atoms with E-state index in [9.17, 15) is 4.79 Å². The zero-order valence-electron chi connectivity index (χ0n) is 12.8. The van der Waals surface area contributed by atoms with Gasteiger partial charge in [-0.1, -0.05) is 30.7 Å². The maximum Gasteiger partial charge on any atom is 0.219 e. The Kier molecular flexibility index (Phi) is 5.62. The van der Waals surface area contributed by atoms with Gasteiger partial charge in [0.05, 0.1) is 6.04 Å². The number of carbonyl (C=O) groups is 1. The molecule has 0 aliphatic carbocycles. The Morgan fingerprint density at radius 2 is 2.00 bits per heavy atom. The fourth-order valence-electron chi connectivity index (χ4n) is 2.96. The number of hydrogen-bond donors (Lipinski definition) is 1. The van der Waals surface area contributed by atoms with Crippen LogP contribution in [0, 0.1) is 0 Å². The Hall–Kier alpha value is -1.10. The monoisotopic (exact) mass is 309 g/mol. The highest BCUT2D eigenvalue weighted by atomic mass is 35.5. The molecule has 1 amide bonds. The molecule has 1 aliphatic rings. The van der Waals surface area contributed by atoms with Gasteiger partial charge in [-0.05, 0) is 24.1 Å². The Labute approximate surface area is 131 Å². The molecule has 1 aliphatic heterocycles. The smallest absolute Gasteiger partial charge is 0.219 e. The molecule has 116 valence electrons. The van der Waals surface area contributed by atoms with E-state index in [2.05, 4.69) is 17.9 Å². The number of nitrogens with two attached hydrogens (primary N) is 1. The fourth-order valence-corrected chi connectivity index (χ4v) is 3.16. The van der Waals surface area contributed by atoms with Crippen LogP contribution in [0.15, 0.2) is 24.3 Å². The van der Waals surface area contributed by atoms with Gasteiger partial charge in [-0.15, -0.1) is 0 Å². The van der Waals surface area contributed by atoms with Crippen LogP contribution in [0.5, 0.6) is 0 Å². The van der Waals surface area contributed by atoms with Crippen LogP contribution in [-0.2, 0) is 4.79 Å². The molecule has 0 bridgehead atoms. The predicted molar refractivity (Wildman–Crippen MR) is 86.3 cm³/mol. The molecular weight excluding hydrogens is 286 g/mol. The van der Waals surface area contributed by atoms with Crippen molar-refractivity contribution in [3.05, 3.63) is 34.9 Å². The first-order chi connectivity index (χ1) is 10.0. The molecular formula is C16H24ClN3O. The van der Waals surface area contributed by atoms with E-state index in [0.717, 1.165) is 43.2 Å². The van der Waals surface area contributed by atoms with Crippen molar-refractivity contribution in [2.75, 3.05) is 26.2 Å². The topological polar surface area (TPSA) is 49.6 Å². The van der Waals surface area contributed by atoms with Crippen molar-refractivity contribution in [2.45, 2.75) is 32.4 Å². The van der Waals surface area contributed by atoms with Gasteiger partial charge in [-0.3, -0.25) is 9.69 Å². The van der Waals surface area contributed by atoms with Crippen molar-refractivity contribution in [1.29, 1.82) is 0 Å². The molecule has 4 nitrogen and oxygen atoms in total. The van der Waals surface area contributed by atoms with E-state index in [-0.39, 0.29) is 18.0 Å². The molecule has 0 saturated carbocycles. The summed E-state index contributed by atoms with van der Waals surface area (Å²) in [5.41, 5.74) is 7.52. The molecule has 1 heterocycles. The highest BCUT2D eigenvalue weighted by molar-refractivity contribution is 6.30. The third-order valence-electron chi connectivity index (χ3n) is 4.22. The fraction of sp³-hybridized carbons (Fsp3) is 0.562. The minimum Gasteiger partial charge on any atom is -0.340 e. The van der Waals surface area contributed by atoms with E-state index >= 15 is 0 Å². The number of benzene rings is 1. The molecule has 1 fully saturated rings. The first kappa shape index (κ1) is 16.3. The lowest BCUT2D eigenvalue weighted by Crippen LogP contribution is -2.52. The molecule has 0 radical (unpaired) electrons. The van der Waals surface area contributed by atoms with E-state index in [4.69, 9.17) is 17.3 Å². The van der Waals surface area contributed by atoms with Gasteiger partial charge in [0.1, 0.15) is 0 Å². The SMILES string of the molecule is CCC(N)C(c1cccc(Cl)c1)N1CCN(C(C)=O)CC1. The average Bonchev–Trinajstić information content (AvgIpc) is 2.48. The van der Waals surface area contributed by atoms with Crippen molar-refractivity contribution in [3.8, 4) is 0 Å². The number of rotatable bonds is 4. The van der Waals surface area contributed by atoms with Crippen molar-refractivity contribution < 1.29 is 4.79 Å². The van der Waals surface area contributed by atoms with E-state index in [1.54, 1.807) is 6.92 Å². The summed E-state index contributed by atoms with van der Waals surface area (Å²) in [7, 11) is 0. The number of carbonyl (C=O) groups excluding carboxylic acids is 1. The van der Waals surface area contributed by atoms with Gasteiger partial charge < -0.3 is 10.6 Å². The van der Waals surface area contributed by atoms with Crippen molar-refractivity contribution >= 4 is 17.5 Å². The summed E-state index contributed by atoms with van der Waals surface area (Å²) in [6.07, 6.45) is 0.907. The van der Waals surface area contributed by atoms with Gasteiger partial charge >= 0.3 is 0 Å². The second-order valence-corrected chi connectivity index (χ2v) is 6.05. The molecule has 2 unspecified atom stereocenters. The first-order valence-electron chi connectivity index (χ1n) is 7.53. The Balaban J connectivity index is 2.16.